The third-order valence-electron chi connectivity index (χ3n) is 2.94. The lowest BCUT2D eigenvalue weighted by molar-refractivity contribution is 0.398. The Morgan fingerprint density at radius 3 is 2.40 bits per heavy atom. The first-order valence-electron chi connectivity index (χ1n) is 6.18. The van der Waals surface area contributed by atoms with Crippen molar-refractivity contribution in [2.45, 2.75) is 6.92 Å². The summed E-state index contributed by atoms with van der Waals surface area (Å²) in [5.41, 5.74) is 2.85. The van der Waals surface area contributed by atoms with Gasteiger partial charge in [0.1, 0.15) is 0 Å². The van der Waals surface area contributed by atoms with Gasteiger partial charge in [-0.25, -0.2) is 4.98 Å². The molecule has 3 rings (SSSR count). The van der Waals surface area contributed by atoms with Gasteiger partial charge in [-0.2, -0.15) is 0 Å². The molecule has 0 unspecified atom stereocenters. The topological polar surface area (TPSA) is 61.0 Å². The molecule has 3 aromatic rings. The van der Waals surface area contributed by atoms with E-state index in [0.29, 0.717) is 17.7 Å². The lowest BCUT2D eigenvalue weighted by Crippen LogP contribution is -1.89. The fourth-order valence-corrected chi connectivity index (χ4v) is 1.99. The minimum absolute atomic E-state index is 0.508. The van der Waals surface area contributed by atoms with E-state index in [9.17, 15) is 0 Å². The van der Waals surface area contributed by atoms with Crippen LogP contribution in [-0.4, -0.2) is 22.3 Å². The van der Waals surface area contributed by atoms with Crippen LogP contribution in [0.4, 0.5) is 0 Å². The van der Waals surface area contributed by atoms with E-state index >= 15 is 0 Å². The Kier molecular flexibility index (Phi) is 3.16. The molecule has 100 valence electrons. The van der Waals surface area contributed by atoms with E-state index in [2.05, 4.69) is 15.2 Å². The van der Waals surface area contributed by atoms with Crippen molar-refractivity contribution in [3.8, 4) is 28.5 Å². The molecule has 0 spiro atoms. The summed E-state index contributed by atoms with van der Waals surface area (Å²) in [5, 5.41) is 7.95. The number of nitrogens with zero attached hydrogens (tertiary/aromatic N) is 3. The molecule has 0 N–H and O–H groups in total. The van der Waals surface area contributed by atoms with E-state index in [1.165, 1.54) is 0 Å². The summed E-state index contributed by atoms with van der Waals surface area (Å²) in [6.45, 7) is 1.77. The smallest absolute Gasteiger partial charge is 0.248 e. The third kappa shape index (κ3) is 2.25. The summed E-state index contributed by atoms with van der Waals surface area (Å²) in [6.07, 6.45) is 1.76. The molecule has 0 saturated carbocycles. The number of ether oxygens (including phenoxy) is 1. The van der Waals surface area contributed by atoms with Gasteiger partial charge in [0.2, 0.25) is 17.7 Å². The van der Waals surface area contributed by atoms with Gasteiger partial charge in [-0.3, -0.25) is 0 Å². The van der Waals surface area contributed by atoms with Gasteiger partial charge in [-0.1, -0.05) is 18.2 Å². The molecule has 2 aromatic heterocycles. The molecule has 1 aromatic carbocycles. The highest BCUT2D eigenvalue weighted by Crippen LogP contribution is 2.31. The molecule has 2 heterocycles. The van der Waals surface area contributed by atoms with Crippen molar-refractivity contribution in [1.29, 1.82) is 0 Å². The van der Waals surface area contributed by atoms with Gasteiger partial charge in [-0.15, -0.1) is 10.2 Å². The molecule has 0 aliphatic rings. The minimum Gasteiger partial charge on any atom is -0.481 e. The highest BCUT2D eigenvalue weighted by atomic mass is 16.5. The largest absolute Gasteiger partial charge is 0.481 e. The predicted octanol–water partition coefficient (Wildman–Crippen LogP) is 3.12. The van der Waals surface area contributed by atoms with E-state index in [1.54, 1.807) is 20.2 Å². The van der Waals surface area contributed by atoms with Gasteiger partial charge in [-0.05, 0) is 17.7 Å². The Morgan fingerprint density at radius 1 is 1.00 bits per heavy atom. The molecule has 20 heavy (non-hydrogen) atoms. The van der Waals surface area contributed by atoms with Crippen LogP contribution in [0, 0.1) is 6.92 Å². The lowest BCUT2D eigenvalue weighted by atomic mass is 10.0. The lowest BCUT2D eigenvalue weighted by Gasteiger charge is -2.06. The minimum atomic E-state index is 0.508. The zero-order valence-corrected chi connectivity index (χ0v) is 11.2. The van der Waals surface area contributed by atoms with E-state index in [-0.39, 0.29) is 0 Å². The molecule has 5 nitrogen and oxygen atoms in total. The SMILES string of the molecule is COc1ccc(-c2ccccc2-c2nnc(C)o2)cn1. The average molecular weight is 267 g/mol. The Morgan fingerprint density at radius 2 is 1.80 bits per heavy atom. The standard InChI is InChI=1S/C15H13N3O2/c1-10-17-18-15(20-10)13-6-4-3-5-12(13)11-7-8-14(19-2)16-9-11/h3-9H,1-2H3. The molecule has 0 aliphatic heterocycles. The Hall–Kier alpha value is -2.69. The van der Waals surface area contributed by atoms with E-state index in [1.807, 2.05) is 36.4 Å². The average Bonchev–Trinajstić information content (AvgIpc) is 2.94. The van der Waals surface area contributed by atoms with Gasteiger partial charge in [0.15, 0.2) is 0 Å². The second-order valence-corrected chi connectivity index (χ2v) is 4.26. The summed E-state index contributed by atoms with van der Waals surface area (Å²) >= 11 is 0. The van der Waals surface area contributed by atoms with Gasteiger partial charge < -0.3 is 9.15 Å². The molecule has 0 amide bonds. The number of pyridine rings is 1. The zero-order chi connectivity index (χ0) is 13.9. The molecule has 0 fully saturated rings. The van der Waals surface area contributed by atoms with Crippen LogP contribution < -0.4 is 4.74 Å². The van der Waals surface area contributed by atoms with Crippen molar-refractivity contribution in [1.82, 2.24) is 15.2 Å². The van der Waals surface area contributed by atoms with Crippen LogP contribution in [0.5, 0.6) is 5.88 Å². The van der Waals surface area contributed by atoms with E-state index < -0.39 is 0 Å². The van der Waals surface area contributed by atoms with E-state index in [4.69, 9.17) is 9.15 Å². The monoisotopic (exact) mass is 267 g/mol. The van der Waals surface area contributed by atoms with Gasteiger partial charge in [0, 0.05) is 30.3 Å². The van der Waals surface area contributed by atoms with Gasteiger partial charge in [0.25, 0.3) is 0 Å². The Bertz CT molecular complexity index is 720. The Labute approximate surface area is 116 Å². The molecule has 0 bridgehead atoms. The van der Waals surface area contributed by atoms with Gasteiger partial charge >= 0.3 is 0 Å². The number of benzene rings is 1. The second kappa shape index (κ2) is 5.13. The van der Waals surface area contributed by atoms with Crippen LogP contribution >= 0.6 is 0 Å². The maximum absolute atomic E-state index is 5.51. The third-order valence-corrected chi connectivity index (χ3v) is 2.94. The number of methoxy groups -OCH3 is 1. The van der Waals surface area contributed by atoms with Crippen molar-refractivity contribution in [3.63, 3.8) is 0 Å². The summed E-state index contributed by atoms with van der Waals surface area (Å²) < 4.78 is 10.6. The molecular formula is C15H13N3O2. The summed E-state index contributed by atoms with van der Waals surface area (Å²) in [5.74, 6) is 1.64. The fraction of sp³-hybridized carbons (Fsp3) is 0.133. The molecule has 0 radical (unpaired) electrons. The first kappa shape index (κ1) is 12.3. The number of aryl methyl sites for hydroxylation is 1. The molecule has 0 saturated heterocycles. The van der Waals surface area contributed by atoms with Crippen LogP contribution in [0.2, 0.25) is 0 Å². The molecule has 0 atom stereocenters. The van der Waals surface area contributed by atoms with Crippen molar-refractivity contribution in [2.24, 2.45) is 0 Å². The van der Waals surface area contributed by atoms with Crippen molar-refractivity contribution in [3.05, 3.63) is 48.5 Å². The fourth-order valence-electron chi connectivity index (χ4n) is 1.99. The summed E-state index contributed by atoms with van der Waals surface area (Å²) in [6, 6.07) is 11.6. The van der Waals surface area contributed by atoms with E-state index in [0.717, 1.165) is 16.7 Å². The normalized spacial score (nSPS) is 10.5. The summed E-state index contributed by atoms with van der Waals surface area (Å²) in [7, 11) is 1.59. The van der Waals surface area contributed by atoms with Crippen LogP contribution in [0.1, 0.15) is 5.89 Å². The highest BCUT2D eigenvalue weighted by molar-refractivity contribution is 5.79. The van der Waals surface area contributed by atoms with Crippen LogP contribution in [0.3, 0.4) is 0 Å². The first-order chi connectivity index (χ1) is 9.78. The van der Waals surface area contributed by atoms with Gasteiger partial charge in [0.05, 0.1) is 7.11 Å². The van der Waals surface area contributed by atoms with Crippen LogP contribution in [0.25, 0.3) is 22.6 Å². The van der Waals surface area contributed by atoms with Crippen LogP contribution in [-0.2, 0) is 0 Å². The molecular weight excluding hydrogens is 254 g/mol. The van der Waals surface area contributed by atoms with Crippen molar-refractivity contribution < 1.29 is 9.15 Å². The maximum atomic E-state index is 5.51. The Balaban J connectivity index is 2.09. The quantitative estimate of drug-likeness (QED) is 0.729. The number of rotatable bonds is 3. The number of aromatic nitrogens is 3. The predicted molar refractivity (Wildman–Crippen MR) is 74.3 cm³/mol. The number of hydrogen-bond acceptors (Lipinski definition) is 5. The highest BCUT2D eigenvalue weighted by Gasteiger charge is 2.12. The first-order valence-corrected chi connectivity index (χ1v) is 6.18. The zero-order valence-electron chi connectivity index (χ0n) is 11.2. The molecule has 5 heteroatoms. The number of hydrogen-bond donors (Lipinski definition) is 0. The maximum Gasteiger partial charge on any atom is 0.248 e. The van der Waals surface area contributed by atoms with Crippen LogP contribution in [0.15, 0.2) is 47.0 Å². The summed E-state index contributed by atoms with van der Waals surface area (Å²) in [4.78, 5) is 4.22. The second-order valence-electron chi connectivity index (χ2n) is 4.26. The molecule has 0 aliphatic carbocycles. The van der Waals surface area contributed by atoms with Crippen molar-refractivity contribution in [2.75, 3.05) is 7.11 Å². The van der Waals surface area contributed by atoms with Crippen molar-refractivity contribution >= 4 is 0 Å².